The van der Waals surface area contributed by atoms with Crippen molar-refractivity contribution in [1.82, 2.24) is 4.31 Å². The van der Waals surface area contributed by atoms with Gasteiger partial charge in [-0.2, -0.15) is 4.31 Å². The number of carboxylic acid groups (broad SMARTS) is 1. The minimum atomic E-state index is -3.58. The maximum absolute atomic E-state index is 12.4. The Kier molecular flexibility index (Phi) is 4.10. The minimum absolute atomic E-state index is 0.0623. The van der Waals surface area contributed by atoms with Gasteiger partial charge >= 0.3 is 5.97 Å². The van der Waals surface area contributed by atoms with Crippen LogP contribution in [0.5, 0.6) is 5.75 Å². The standard InChI is InChI=1S/C13H15NO5S/c1-19-11-5-3-10(4-6-13(15)16)9-12(11)20(17,18)14-7-2-8-14/h3-6,9H,2,7-8H2,1H3,(H,15,16)/b6-4+. The van der Waals surface area contributed by atoms with Gasteiger partial charge in [-0.3, -0.25) is 0 Å². The predicted octanol–water partition coefficient (Wildman–Crippen LogP) is 1.19. The van der Waals surface area contributed by atoms with Crippen LogP contribution in [0.25, 0.3) is 6.08 Å². The van der Waals surface area contributed by atoms with E-state index in [0.717, 1.165) is 12.5 Å². The van der Waals surface area contributed by atoms with Gasteiger partial charge in [0.2, 0.25) is 10.0 Å². The monoisotopic (exact) mass is 297 g/mol. The molecule has 0 amide bonds. The Hall–Kier alpha value is -1.86. The smallest absolute Gasteiger partial charge is 0.328 e. The molecule has 0 bridgehead atoms. The second kappa shape index (κ2) is 5.64. The SMILES string of the molecule is COc1ccc(/C=C/C(=O)O)cc1S(=O)(=O)N1CCC1. The number of methoxy groups -OCH3 is 1. The zero-order chi connectivity index (χ0) is 14.8. The molecule has 1 N–H and O–H groups in total. The highest BCUT2D eigenvalue weighted by Crippen LogP contribution is 2.30. The van der Waals surface area contributed by atoms with Gasteiger partial charge in [0.25, 0.3) is 0 Å². The zero-order valence-electron chi connectivity index (χ0n) is 10.9. The van der Waals surface area contributed by atoms with Crippen LogP contribution in [0, 0.1) is 0 Å². The number of hydrogen-bond acceptors (Lipinski definition) is 4. The van der Waals surface area contributed by atoms with Crippen LogP contribution in [-0.2, 0) is 14.8 Å². The van der Waals surface area contributed by atoms with Crippen LogP contribution in [0.2, 0.25) is 0 Å². The van der Waals surface area contributed by atoms with Gasteiger partial charge in [-0.1, -0.05) is 6.07 Å². The lowest BCUT2D eigenvalue weighted by Crippen LogP contribution is -2.42. The number of carbonyl (C=O) groups is 1. The molecule has 1 heterocycles. The Morgan fingerprint density at radius 2 is 2.10 bits per heavy atom. The van der Waals surface area contributed by atoms with Crippen molar-refractivity contribution in [3.8, 4) is 5.75 Å². The Bertz CT molecular complexity index is 647. The molecule has 0 aliphatic carbocycles. The van der Waals surface area contributed by atoms with Crippen molar-refractivity contribution < 1.29 is 23.1 Å². The van der Waals surface area contributed by atoms with Gasteiger partial charge in [0, 0.05) is 19.2 Å². The van der Waals surface area contributed by atoms with Gasteiger partial charge in [-0.25, -0.2) is 13.2 Å². The summed E-state index contributed by atoms with van der Waals surface area (Å²) < 4.78 is 31.2. The van der Waals surface area contributed by atoms with Crippen molar-refractivity contribution in [2.45, 2.75) is 11.3 Å². The first-order chi connectivity index (χ1) is 9.45. The second-order valence-corrected chi connectivity index (χ2v) is 6.25. The molecule has 0 spiro atoms. The van der Waals surface area contributed by atoms with Crippen LogP contribution < -0.4 is 4.74 Å². The summed E-state index contributed by atoms with van der Waals surface area (Å²) in [5.41, 5.74) is 0.493. The summed E-state index contributed by atoms with van der Waals surface area (Å²) in [6.07, 6.45) is 3.15. The lowest BCUT2D eigenvalue weighted by Gasteiger charge is -2.30. The average molecular weight is 297 g/mol. The van der Waals surface area contributed by atoms with E-state index in [9.17, 15) is 13.2 Å². The fourth-order valence-electron chi connectivity index (χ4n) is 1.83. The summed E-state index contributed by atoms with van der Waals surface area (Å²) in [6.45, 7) is 1.00. The summed E-state index contributed by atoms with van der Waals surface area (Å²) in [5, 5.41) is 8.60. The molecular weight excluding hydrogens is 282 g/mol. The largest absolute Gasteiger partial charge is 0.495 e. The van der Waals surface area contributed by atoms with Crippen molar-refractivity contribution in [1.29, 1.82) is 0 Å². The number of rotatable bonds is 5. The fraction of sp³-hybridized carbons (Fsp3) is 0.308. The zero-order valence-corrected chi connectivity index (χ0v) is 11.8. The number of aliphatic carboxylic acids is 1. The minimum Gasteiger partial charge on any atom is -0.495 e. The molecule has 0 saturated carbocycles. The molecule has 0 radical (unpaired) electrons. The molecule has 20 heavy (non-hydrogen) atoms. The Balaban J connectivity index is 2.44. The normalized spacial score (nSPS) is 16.1. The number of hydrogen-bond donors (Lipinski definition) is 1. The molecule has 1 aromatic carbocycles. The van der Waals surface area contributed by atoms with E-state index in [4.69, 9.17) is 9.84 Å². The molecule has 1 aliphatic rings. The summed E-state index contributed by atoms with van der Waals surface area (Å²) in [6, 6.07) is 4.55. The third kappa shape index (κ3) is 2.83. The number of ether oxygens (including phenoxy) is 1. The van der Waals surface area contributed by atoms with Gasteiger partial charge < -0.3 is 9.84 Å². The highest BCUT2D eigenvalue weighted by Gasteiger charge is 2.31. The van der Waals surface area contributed by atoms with E-state index in [1.165, 1.54) is 29.6 Å². The van der Waals surface area contributed by atoms with E-state index >= 15 is 0 Å². The molecule has 0 unspecified atom stereocenters. The van der Waals surface area contributed by atoms with Gasteiger partial charge in [0.15, 0.2) is 0 Å². The maximum Gasteiger partial charge on any atom is 0.328 e. The average Bonchev–Trinajstić information content (AvgIpc) is 2.33. The van der Waals surface area contributed by atoms with Crippen LogP contribution in [0.3, 0.4) is 0 Å². The fourth-order valence-corrected chi connectivity index (χ4v) is 3.54. The summed E-state index contributed by atoms with van der Waals surface area (Å²) in [7, 11) is -2.18. The van der Waals surface area contributed by atoms with Crippen molar-refractivity contribution in [2.75, 3.05) is 20.2 Å². The third-order valence-electron chi connectivity index (χ3n) is 3.04. The van der Waals surface area contributed by atoms with Gasteiger partial charge in [-0.15, -0.1) is 0 Å². The maximum atomic E-state index is 12.4. The summed E-state index contributed by atoms with van der Waals surface area (Å²) in [4.78, 5) is 10.6. The van der Waals surface area contributed by atoms with Gasteiger partial charge in [0.05, 0.1) is 7.11 Å². The van der Waals surface area contributed by atoms with E-state index in [0.29, 0.717) is 18.7 Å². The van der Waals surface area contributed by atoms with Crippen molar-refractivity contribution in [3.63, 3.8) is 0 Å². The molecule has 2 rings (SSSR count). The first-order valence-corrected chi connectivity index (χ1v) is 7.48. The van der Waals surface area contributed by atoms with Crippen LogP contribution >= 0.6 is 0 Å². The molecule has 1 fully saturated rings. The van der Waals surface area contributed by atoms with Crippen LogP contribution in [0.4, 0.5) is 0 Å². The van der Waals surface area contributed by atoms with Crippen molar-refractivity contribution in [2.24, 2.45) is 0 Å². The first-order valence-electron chi connectivity index (χ1n) is 6.04. The number of sulfonamides is 1. The number of carboxylic acids is 1. The molecule has 1 aliphatic heterocycles. The van der Waals surface area contributed by atoms with E-state index in [2.05, 4.69) is 0 Å². The van der Waals surface area contributed by atoms with Crippen molar-refractivity contribution >= 4 is 22.1 Å². The van der Waals surface area contributed by atoms with E-state index in [1.54, 1.807) is 6.07 Å². The number of benzene rings is 1. The van der Waals surface area contributed by atoms with E-state index < -0.39 is 16.0 Å². The van der Waals surface area contributed by atoms with E-state index in [-0.39, 0.29) is 10.6 Å². The summed E-state index contributed by atoms with van der Waals surface area (Å²) >= 11 is 0. The molecule has 1 aromatic rings. The van der Waals surface area contributed by atoms with Crippen LogP contribution in [-0.4, -0.2) is 44.0 Å². The summed E-state index contributed by atoms with van der Waals surface area (Å²) in [5.74, 6) is -0.836. The molecule has 1 saturated heterocycles. The Morgan fingerprint density at radius 3 is 2.60 bits per heavy atom. The van der Waals surface area contributed by atoms with Crippen LogP contribution in [0.1, 0.15) is 12.0 Å². The molecule has 7 heteroatoms. The highest BCUT2D eigenvalue weighted by molar-refractivity contribution is 7.89. The third-order valence-corrected chi connectivity index (χ3v) is 4.96. The molecule has 6 nitrogen and oxygen atoms in total. The molecule has 0 atom stereocenters. The quantitative estimate of drug-likeness (QED) is 0.825. The number of nitrogens with zero attached hydrogens (tertiary/aromatic N) is 1. The first kappa shape index (κ1) is 14.5. The van der Waals surface area contributed by atoms with Crippen molar-refractivity contribution in [3.05, 3.63) is 29.8 Å². The van der Waals surface area contributed by atoms with Gasteiger partial charge in [0.1, 0.15) is 10.6 Å². The second-order valence-electron chi connectivity index (χ2n) is 4.34. The Morgan fingerprint density at radius 1 is 1.40 bits per heavy atom. The lowest BCUT2D eigenvalue weighted by molar-refractivity contribution is -0.131. The van der Waals surface area contributed by atoms with Crippen LogP contribution in [0.15, 0.2) is 29.2 Å². The topological polar surface area (TPSA) is 83.9 Å². The molecule has 0 aromatic heterocycles. The predicted molar refractivity (Wildman–Crippen MR) is 73.0 cm³/mol. The molecular formula is C13H15NO5S. The lowest BCUT2D eigenvalue weighted by atomic mass is 10.2. The molecule has 108 valence electrons. The van der Waals surface area contributed by atoms with E-state index in [1.807, 2.05) is 0 Å². The van der Waals surface area contributed by atoms with Gasteiger partial charge in [-0.05, 0) is 30.2 Å². The highest BCUT2D eigenvalue weighted by atomic mass is 32.2. The Labute approximate surface area is 117 Å².